The quantitative estimate of drug-likeness (QED) is 0.578. The van der Waals surface area contributed by atoms with E-state index in [1.165, 1.54) is 26.2 Å². The van der Waals surface area contributed by atoms with Crippen LogP contribution in [0.15, 0.2) is 30.3 Å². The van der Waals surface area contributed by atoms with Gasteiger partial charge in [-0.1, -0.05) is 62.9 Å². The molecule has 1 N–H and O–H groups in total. The van der Waals surface area contributed by atoms with Crippen LogP contribution >= 0.6 is 0 Å². The molecule has 0 aliphatic carbocycles. The Bertz CT molecular complexity index is 371. The molecule has 106 valence electrons. The summed E-state index contributed by atoms with van der Waals surface area (Å²) >= 11 is 0. The molecule has 1 rings (SSSR count). The fraction of sp³-hybridized carbons (Fsp3) is 0.562. The first-order valence-electron chi connectivity index (χ1n) is 7.04. The minimum absolute atomic E-state index is 0.380. The zero-order chi connectivity index (χ0) is 14.1. The zero-order valence-electron chi connectivity index (χ0n) is 11.9. The predicted molar refractivity (Wildman–Crippen MR) is 75.7 cm³/mol. The van der Waals surface area contributed by atoms with Crippen molar-refractivity contribution in [1.82, 2.24) is 0 Å². The minimum Gasteiger partial charge on any atom is -0.463 e. The molecular weight excluding hydrogens is 240 g/mol. The van der Waals surface area contributed by atoms with Gasteiger partial charge in [0.05, 0.1) is 6.61 Å². The Morgan fingerprint density at radius 3 is 2.42 bits per heavy atom. The van der Waals surface area contributed by atoms with E-state index in [4.69, 9.17) is 4.74 Å². The summed E-state index contributed by atoms with van der Waals surface area (Å²) in [6.45, 7) is 4.02. The Labute approximate surface area is 115 Å². The second kappa shape index (κ2) is 7.95. The van der Waals surface area contributed by atoms with Crippen molar-refractivity contribution in [2.45, 2.75) is 51.6 Å². The van der Waals surface area contributed by atoms with Crippen molar-refractivity contribution < 1.29 is 14.6 Å². The lowest BCUT2D eigenvalue weighted by Crippen LogP contribution is -2.34. The second-order valence-corrected chi connectivity index (χ2v) is 4.99. The van der Waals surface area contributed by atoms with E-state index in [-0.39, 0.29) is 0 Å². The van der Waals surface area contributed by atoms with Crippen LogP contribution in [0.4, 0.5) is 0 Å². The number of aliphatic hydroxyl groups is 1. The summed E-state index contributed by atoms with van der Waals surface area (Å²) in [4.78, 5) is 11.9. The molecule has 0 radical (unpaired) electrons. The Hall–Kier alpha value is -1.35. The molecule has 1 aromatic rings. The van der Waals surface area contributed by atoms with Crippen LogP contribution in [0, 0.1) is 0 Å². The number of hydrogen-bond acceptors (Lipinski definition) is 3. The van der Waals surface area contributed by atoms with Gasteiger partial charge in [0.15, 0.2) is 5.60 Å². The number of carbonyl (C=O) groups excluding carboxylic acids is 1. The maximum absolute atomic E-state index is 11.9. The number of benzene rings is 1. The van der Waals surface area contributed by atoms with E-state index < -0.39 is 11.6 Å². The predicted octanol–water partition coefficient (Wildman–Crippen LogP) is 3.41. The van der Waals surface area contributed by atoms with Gasteiger partial charge in [-0.15, -0.1) is 0 Å². The molecule has 0 aromatic heterocycles. The van der Waals surface area contributed by atoms with Gasteiger partial charge < -0.3 is 9.84 Å². The van der Waals surface area contributed by atoms with Gasteiger partial charge >= 0.3 is 5.97 Å². The highest BCUT2D eigenvalue weighted by Gasteiger charge is 2.33. The summed E-state index contributed by atoms with van der Waals surface area (Å²) in [5.41, 5.74) is -1.00. The van der Waals surface area contributed by atoms with Gasteiger partial charge in [0.25, 0.3) is 0 Å². The maximum Gasteiger partial charge on any atom is 0.342 e. The molecule has 19 heavy (non-hydrogen) atoms. The lowest BCUT2D eigenvalue weighted by Gasteiger charge is -2.21. The molecule has 0 heterocycles. The number of carbonyl (C=O) groups is 1. The first-order chi connectivity index (χ1) is 9.09. The summed E-state index contributed by atoms with van der Waals surface area (Å²) in [6, 6.07) is 8.88. The fourth-order valence-electron chi connectivity index (χ4n) is 1.89. The van der Waals surface area contributed by atoms with Crippen LogP contribution in [0.1, 0.15) is 51.5 Å². The molecule has 1 atom stereocenters. The van der Waals surface area contributed by atoms with Crippen molar-refractivity contribution in [1.29, 1.82) is 0 Å². The van der Waals surface area contributed by atoms with Crippen LogP contribution in [-0.4, -0.2) is 17.7 Å². The Balaban J connectivity index is 2.36. The van der Waals surface area contributed by atoms with Crippen molar-refractivity contribution in [2.24, 2.45) is 0 Å². The van der Waals surface area contributed by atoms with E-state index in [0.29, 0.717) is 12.2 Å². The topological polar surface area (TPSA) is 46.5 Å². The monoisotopic (exact) mass is 264 g/mol. The Morgan fingerprint density at radius 1 is 1.16 bits per heavy atom. The standard InChI is InChI=1S/C16H24O3/c1-3-4-5-6-10-13-19-15(17)16(2,18)14-11-8-7-9-12-14/h7-9,11-12,18H,3-6,10,13H2,1-2H3. The van der Waals surface area contributed by atoms with Crippen molar-refractivity contribution in [2.75, 3.05) is 6.61 Å². The fourth-order valence-corrected chi connectivity index (χ4v) is 1.89. The van der Waals surface area contributed by atoms with Gasteiger partial charge in [0.2, 0.25) is 0 Å². The van der Waals surface area contributed by atoms with Gasteiger partial charge in [0.1, 0.15) is 0 Å². The number of ether oxygens (including phenoxy) is 1. The molecule has 3 nitrogen and oxygen atoms in total. The van der Waals surface area contributed by atoms with E-state index in [1.54, 1.807) is 24.3 Å². The average Bonchev–Trinajstić information content (AvgIpc) is 2.43. The average molecular weight is 264 g/mol. The molecule has 0 aliphatic rings. The second-order valence-electron chi connectivity index (χ2n) is 4.99. The van der Waals surface area contributed by atoms with Crippen LogP contribution in [0.3, 0.4) is 0 Å². The highest BCUT2D eigenvalue weighted by atomic mass is 16.5. The van der Waals surface area contributed by atoms with Gasteiger partial charge in [-0.2, -0.15) is 0 Å². The third kappa shape index (κ3) is 5.03. The lowest BCUT2D eigenvalue weighted by atomic mass is 9.96. The molecule has 0 fully saturated rings. The van der Waals surface area contributed by atoms with E-state index in [9.17, 15) is 9.90 Å². The highest BCUT2D eigenvalue weighted by molar-refractivity contribution is 5.80. The minimum atomic E-state index is -1.56. The molecule has 0 saturated carbocycles. The molecule has 1 unspecified atom stereocenters. The third-order valence-corrected chi connectivity index (χ3v) is 3.21. The van der Waals surface area contributed by atoms with Crippen LogP contribution in [0.2, 0.25) is 0 Å². The molecular formula is C16H24O3. The van der Waals surface area contributed by atoms with Crippen LogP contribution in [0.5, 0.6) is 0 Å². The zero-order valence-corrected chi connectivity index (χ0v) is 11.9. The molecule has 1 aromatic carbocycles. The van der Waals surface area contributed by atoms with Crippen molar-refractivity contribution in [3.63, 3.8) is 0 Å². The SMILES string of the molecule is CCCCCCCOC(=O)C(C)(O)c1ccccc1. The summed E-state index contributed by atoms with van der Waals surface area (Å²) in [5, 5.41) is 10.2. The Kier molecular flexibility index (Phi) is 6.57. The molecule has 0 aliphatic heterocycles. The van der Waals surface area contributed by atoms with Crippen LogP contribution < -0.4 is 0 Å². The molecule has 0 amide bonds. The third-order valence-electron chi connectivity index (χ3n) is 3.21. The number of rotatable bonds is 8. The van der Waals surface area contributed by atoms with Gasteiger partial charge in [-0.05, 0) is 18.9 Å². The normalized spacial score (nSPS) is 13.8. The van der Waals surface area contributed by atoms with E-state index in [2.05, 4.69) is 6.92 Å². The van der Waals surface area contributed by atoms with Crippen molar-refractivity contribution >= 4 is 5.97 Å². The van der Waals surface area contributed by atoms with Crippen molar-refractivity contribution in [3.8, 4) is 0 Å². The van der Waals surface area contributed by atoms with E-state index in [0.717, 1.165) is 12.8 Å². The Morgan fingerprint density at radius 2 is 1.79 bits per heavy atom. The summed E-state index contributed by atoms with van der Waals surface area (Å²) in [6.07, 6.45) is 5.51. The van der Waals surface area contributed by atoms with E-state index in [1.807, 2.05) is 6.07 Å². The molecule has 0 saturated heterocycles. The maximum atomic E-state index is 11.9. The molecule has 0 spiro atoms. The summed E-state index contributed by atoms with van der Waals surface area (Å²) < 4.78 is 5.15. The molecule has 3 heteroatoms. The number of hydrogen-bond donors (Lipinski definition) is 1. The molecule has 0 bridgehead atoms. The smallest absolute Gasteiger partial charge is 0.342 e. The van der Waals surface area contributed by atoms with Crippen molar-refractivity contribution in [3.05, 3.63) is 35.9 Å². The number of unbranched alkanes of at least 4 members (excludes halogenated alkanes) is 4. The summed E-state index contributed by atoms with van der Waals surface area (Å²) in [7, 11) is 0. The van der Waals surface area contributed by atoms with Gasteiger partial charge in [-0.3, -0.25) is 0 Å². The highest BCUT2D eigenvalue weighted by Crippen LogP contribution is 2.21. The lowest BCUT2D eigenvalue weighted by molar-refractivity contribution is -0.164. The first-order valence-corrected chi connectivity index (χ1v) is 7.04. The summed E-state index contributed by atoms with van der Waals surface area (Å²) in [5.74, 6) is -0.575. The van der Waals surface area contributed by atoms with Crippen LogP contribution in [-0.2, 0) is 15.1 Å². The van der Waals surface area contributed by atoms with Gasteiger partial charge in [-0.25, -0.2) is 4.79 Å². The first kappa shape index (κ1) is 15.7. The van der Waals surface area contributed by atoms with Crippen LogP contribution in [0.25, 0.3) is 0 Å². The largest absolute Gasteiger partial charge is 0.463 e. The number of esters is 1. The van der Waals surface area contributed by atoms with Gasteiger partial charge in [0, 0.05) is 0 Å². The van der Waals surface area contributed by atoms with E-state index >= 15 is 0 Å².